The number of aryl methyl sites for hydroxylation is 1. The Morgan fingerprint density at radius 1 is 1.72 bits per heavy atom. The molecule has 1 saturated heterocycles. The molecule has 18 heavy (non-hydrogen) atoms. The van der Waals surface area contributed by atoms with Gasteiger partial charge in [-0.15, -0.1) is 0 Å². The second kappa shape index (κ2) is 4.90. The zero-order chi connectivity index (χ0) is 13.3. The maximum Gasteiger partial charge on any atom is 0.287 e. The fourth-order valence-electron chi connectivity index (χ4n) is 2.08. The van der Waals surface area contributed by atoms with Gasteiger partial charge in [-0.2, -0.15) is 5.10 Å². The third-order valence-corrected chi connectivity index (χ3v) is 3.96. The van der Waals surface area contributed by atoms with Crippen molar-refractivity contribution in [3.05, 3.63) is 21.6 Å². The van der Waals surface area contributed by atoms with Crippen LogP contribution in [0.4, 0.5) is 5.69 Å². The summed E-state index contributed by atoms with van der Waals surface area (Å²) in [5.41, 5.74) is 0.0986. The molecule has 1 aliphatic rings. The van der Waals surface area contributed by atoms with Gasteiger partial charge in [0.1, 0.15) is 5.02 Å². The van der Waals surface area contributed by atoms with Gasteiger partial charge in [0.2, 0.25) is 0 Å². The molecule has 100 valence electrons. The fourth-order valence-corrected chi connectivity index (χ4v) is 2.28. The van der Waals surface area contributed by atoms with Crippen molar-refractivity contribution in [1.82, 2.24) is 9.78 Å². The van der Waals surface area contributed by atoms with Gasteiger partial charge in [0.25, 0.3) is 5.56 Å². The summed E-state index contributed by atoms with van der Waals surface area (Å²) in [7, 11) is 0. The van der Waals surface area contributed by atoms with Crippen LogP contribution < -0.4 is 10.9 Å². The van der Waals surface area contributed by atoms with Crippen LogP contribution in [0.25, 0.3) is 0 Å². The molecule has 0 aliphatic carbocycles. The van der Waals surface area contributed by atoms with Crippen molar-refractivity contribution in [2.24, 2.45) is 0 Å². The highest BCUT2D eigenvalue weighted by atomic mass is 35.5. The lowest BCUT2D eigenvalue weighted by Crippen LogP contribution is -2.42. The minimum absolute atomic E-state index is 0.0715. The first kappa shape index (κ1) is 13.4. The molecule has 0 radical (unpaired) electrons. The minimum Gasteiger partial charge on any atom is -0.376 e. The number of hydrogen-bond acceptors (Lipinski definition) is 4. The molecule has 0 bridgehead atoms. The smallest absolute Gasteiger partial charge is 0.287 e. The Kier molecular flexibility index (Phi) is 3.64. The summed E-state index contributed by atoms with van der Waals surface area (Å²) in [6, 6.07) is 0. The molecule has 1 fully saturated rings. The predicted octanol–water partition coefficient (Wildman–Crippen LogP) is 1.90. The zero-order valence-electron chi connectivity index (χ0n) is 10.9. The number of nitrogens with one attached hydrogen (secondary N) is 1. The van der Waals surface area contributed by atoms with Crippen LogP contribution in [0.1, 0.15) is 27.2 Å². The molecule has 6 heteroatoms. The third kappa shape index (κ3) is 2.24. The second-order valence-corrected chi connectivity index (χ2v) is 5.18. The van der Waals surface area contributed by atoms with Crippen molar-refractivity contribution in [2.45, 2.75) is 45.4 Å². The molecule has 2 unspecified atom stereocenters. The Morgan fingerprint density at radius 3 is 3.00 bits per heavy atom. The fraction of sp³-hybridized carbons (Fsp3) is 0.667. The highest BCUT2D eigenvalue weighted by Crippen LogP contribution is 2.30. The molecule has 5 nitrogen and oxygen atoms in total. The molecular weight excluding hydrogens is 254 g/mol. The number of ether oxygens (including phenoxy) is 1. The first-order valence-electron chi connectivity index (χ1n) is 6.13. The number of rotatable bonds is 3. The van der Waals surface area contributed by atoms with Crippen LogP contribution in [0.5, 0.6) is 0 Å². The van der Waals surface area contributed by atoms with Gasteiger partial charge in [0, 0.05) is 13.2 Å². The quantitative estimate of drug-likeness (QED) is 0.912. The molecule has 2 atom stereocenters. The Labute approximate surface area is 111 Å². The standard InChI is InChI=1S/C12H18ClN3O2/c1-4-16-11(17)10(13)9(7-14-16)15-12(3)5-6-18-8(12)2/h7-8,15H,4-6H2,1-3H3. The number of nitrogens with zero attached hydrogens (tertiary/aromatic N) is 2. The number of hydrogen-bond donors (Lipinski definition) is 1. The molecule has 1 aromatic rings. The normalized spacial score (nSPS) is 27.4. The Hall–Kier alpha value is -1.07. The first-order chi connectivity index (χ1) is 8.48. The molecule has 0 spiro atoms. The van der Waals surface area contributed by atoms with Crippen LogP contribution >= 0.6 is 11.6 Å². The highest BCUT2D eigenvalue weighted by molar-refractivity contribution is 6.32. The molecule has 2 rings (SSSR count). The van der Waals surface area contributed by atoms with Crippen LogP contribution in [0, 0.1) is 0 Å². The lowest BCUT2D eigenvalue weighted by Gasteiger charge is -2.30. The molecule has 1 aromatic heterocycles. The molecule has 1 N–H and O–H groups in total. The van der Waals surface area contributed by atoms with E-state index in [0.29, 0.717) is 18.8 Å². The molecule has 0 aromatic carbocycles. The van der Waals surface area contributed by atoms with E-state index in [-0.39, 0.29) is 22.2 Å². The van der Waals surface area contributed by atoms with E-state index in [4.69, 9.17) is 16.3 Å². The number of aromatic nitrogens is 2. The zero-order valence-corrected chi connectivity index (χ0v) is 11.6. The van der Waals surface area contributed by atoms with Gasteiger partial charge in [-0.1, -0.05) is 11.6 Å². The average Bonchev–Trinajstić information content (AvgIpc) is 2.66. The van der Waals surface area contributed by atoms with Crippen molar-refractivity contribution in [1.29, 1.82) is 0 Å². The largest absolute Gasteiger partial charge is 0.376 e. The summed E-state index contributed by atoms with van der Waals surface area (Å²) in [5.74, 6) is 0. The summed E-state index contributed by atoms with van der Waals surface area (Å²) in [6.07, 6.45) is 2.55. The summed E-state index contributed by atoms with van der Waals surface area (Å²) >= 11 is 6.09. The number of halogens is 1. The van der Waals surface area contributed by atoms with Gasteiger partial charge in [-0.3, -0.25) is 4.79 Å². The lowest BCUT2D eigenvalue weighted by molar-refractivity contribution is 0.105. The van der Waals surface area contributed by atoms with Crippen LogP contribution in [0.15, 0.2) is 11.0 Å². The monoisotopic (exact) mass is 271 g/mol. The van der Waals surface area contributed by atoms with E-state index in [2.05, 4.69) is 17.3 Å². The van der Waals surface area contributed by atoms with Crippen molar-refractivity contribution < 1.29 is 4.74 Å². The SMILES string of the molecule is CCn1ncc(NC2(C)CCOC2C)c(Cl)c1=O. The molecule has 0 saturated carbocycles. The first-order valence-corrected chi connectivity index (χ1v) is 6.51. The van der Waals surface area contributed by atoms with Gasteiger partial charge in [0.15, 0.2) is 0 Å². The van der Waals surface area contributed by atoms with Crippen LogP contribution in [0.3, 0.4) is 0 Å². The number of anilines is 1. The highest BCUT2D eigenvalue weighted by Gasteiger charge is 2.37. The summed E-state index contributed by atoms with van der Waals surface area (Å²) in [4.78, 5) is 11.9. The maximum absolute atomic E-state index is 11.9. The van der Waals surface area contributed by atoms with Gasteiger partial charge in [0.05, 0.1) is 23.5 Å². The van der Waals surface area contributed by atoms with Gasteiger partial charge in [-0.25, -0.2) is 4.68 Å². The van der Waals surface area contributed by atoms with Crippen molar-refractivity contribution >= 4 is 17.3 Å². The van der Waals surface area contributed by atoms with Crippen LogP contribution in [-0.2, 0) is 11.3 Å². The topological polar surface area (TPSA) is 56.1 Å². The van der Waals surface area contributed by atoms with Gasteiger partial charge in [-0.05, 0) is 27.2 Å². The molecular formula is C12H18ClN3O2. The minimum atomic E-state index is -0.265. The van der Waals surface area contributed by atoms with E-state index >= 15 is 0 Å². The summed E-state index contributed by atoms with van der Waals surface area (Å²) in [5, 5.41) is 7.55. The Bertz CT molecular complexity index is 503. The Morgan fingerprint density at radius 2 is 2.44 bits per heavy atom. The van der Waals surface area contributed by atoms with E-state index in [0.717, 1.165) is 6.42 Å². The van der Waals surface area contributed by atoms with E-state index in [1.165, 1.54) is 4.68 Å². The van der Waals surface area contributed by atoms with Crippen molar-refractivity contribution in [3.63, 3.8) is 0 Å². The molecule has 2 heterocycles. The van der Waals surface area contributed by atoms with Crippen LogP contribution in [-0.4, -0.2) is 28.0 Å². The van der Waals surface area contributed by atoms with E-state index in [1.54, 1.807) is 6.20 Å². The Balaban J connectivity index is 2.30. The van der Waals surface area contributed by atoms with Gasteiger partial charge < -0.3 is 10.1 Å². The average molecular weight is 272 g/mol. The molecule has 0 amide bonds. The van der Waals surface area contributed by atoms with Crippen molar-refractivity contribution in [2.75, 3.05) is 11.9 Å². The van der Waals surface area contributed by atoms with Gasteiger partial charge >= 0.3 is 0 Å². The van der Waals surface area contributed by atoms with E-state index in [9.17, 15) is 4.79 Å². The predicted molar refractivity (Wildman–Crippen MR) is 71.2 cm³/mol. The van der Waals surface area contributed by atoms with Crippen molar-refractivity contribution in [3.8, 4) is 0 Å². The third-order valence-electron chi connectivity index (χ3n) is 3.59. The van der Waals surface area contributed by atoms with Crippen LogP contribution in [0.2, 0.25) is 5.02 Å². The van der Waals surface area contributed by atoms with E-state index in [1.807, 2.05) is 13.8 Å². The summed E-state index contributed by atoms with van der Waals surface area (Å²) in [6.45, 7) is 7.14. The summed E-state index contributed by atoms with van der Waals surface area (Å²) < 4.78 is 6.88. The lowest BCUT2D eigenvalue weighted by atomic mass is 9.94. The van der Waals surface area contributed by atoms with E-state index < -0.39 is 0 Å². The maximum atomic E-state index is 11.9. The second-order valence-electron chi connectivity index (χ2n) is 4.80. The molecule has 1 aliphatic heterocycles.